The van der Waals surface area contributed by atoms with Crippen LogP contribution in [0.3, 0.4) is 0 Å². The topological polar surface area (TPSA) is 264 Å². The lowest BCUT2D eigenvalue weighted by Crippen LogP contribution is -2.54. The first-order valence-electron chi connectivity index (χ1n) is 19.2. The number of nitrogens with zero attached hydrogens (tertiary/aromatic N) is 2. The van der Waals surface area contributed by atoms with E-state index in [9.17, 15) is 47.1 Å². The molecule has 60 heavy (non-hydrogen) atoms. The molecule has 3 atom stereocenters. The van der Waals surface area contributed by atoms with Gasteiger partial charge in [-0.1, -0.05) is 31.8 Å². The van der Waals surface area contributed by atoms with E-state index in [-0.39, 0.29) is 32.8 Å². The number of carbonyl (C=O) groups excluding carboxylic acids is 7. The van der Waals surface area contributed by atoms with Crippen molar-refractivity contribution in [3.05, 3.63) is 41.5 Å². The minimum Gasteiger partial charge on any atom is -0.460 e. The minimum absolute atomic E-state index is 0.0340. The summed E-state index contributed by atoms with van der Waals surface area (Å²) in [5.74, 6) is -0.0632. The molecule has 2 aliphatic rings. The summed E-state index contributed by atoms with van der Waals surface area (Å²) in [6.45, 7) is 10.1. The Morgan fingerprint density at radius 1 is 1.02 bits per heavy atom. The molecule has 5 N–H and O–H groups in total. The van der Waals surface area contributed by atoms with Crippen LogP contribution in [0.2, 0.25) is 0 Å². The number of aliphatic hydroxyl groups excluding tert-OH is 1. The molecule has 0 saturated carbocycles. The molecule has 1 saturated heterocycles. The number of likely N-dealkylation sites (tertiary alicyclic amines) is 1. The molecule has 2 heterocycles. The largest absolute Gasteiger partial charge is 0.460 e. The number of hydrogen-bond acceptors (Lipinski definition) is 13. The number of anilines is 1. The van der Waals surface area contributed by atoms with Crippen LogP contribution >= 0.6 is 0 Å². The van der Waals surface area contributed by atoms with E-state index in [0.717, 1.165) is 22.0 Å². The van der Waals surface area contributed by atoms with Gasteiger partial charge in [-0.15, -0.1) is 0 Å². The average Bonchev–Trinajstić information content (AvgIpc) is 3.63. The van der Waals surface area contributed by atoms with Crippen LogP contribution in [0.25, 0.3) is 0 Å². The molecule has 0 spiro atoms. The van der Waals surface area contributed by atoms with Crippen LogP contribution in [0.4, 0.5) is 5.69 Å². The zero-order valence-corrected chi connectivity index (χ0v) is 35.7. The second-order valence-electron chi connectivity index (χ2n) is 16.2. The third-order valence-electron chi connectivity index (χ3n) is 9.29. The highest BCUT2D eigenvalue weighted by Gasteiger charge is 2.47. The van der Waals surface area contributed by atoms with Crippen LogP contribution in [0, 0.1) is 23.2 Å². The van der Waals surface area contributed by atoms with Crippen molar-refractivity contribution >= 4 is 57.2 Å². The number of aliphatic hydroxyl groups is 1. The molecule has 19 nitrogen and oxygen atoms in total. The Bertz CT molecular complexity index is 1980. The molecule has 0 aromatic heterocycles. The quantitative estimate of drug-likeness (QED) is 0.0389. The van der Waals surface area contributed by atoms with E-state index in [1.807, 2.05) is 13.8 Å². The van der Waals surface area contributed by atoms with Crippen LogP contribution in [0.1, 0.15) is 72.4 Å². The summed E-state index contributed by atoms with van der Waals surface area (Å²) in [6.07, 6.45) is 2.29. The zero-order valence-electron chi connectivity index (χ0n) is 34.9. The van der Waals surface area contributed by atoms with Crippen LogP contribution < -0.4 is 16.0 Å². The molecular formula is C40H55N5O14S. The second kappa shape index (κ2) is 21.4. The number of benzene rings is 1. The molecule has 0 radical (unpaired) electrons. The molecular weight excluding hydrogens is 807 g/mol. The lowest BCUT2D eigenvalue weighted by molar-refractivity contribution is -0.154. The lowest BCUT2D eigenvalue weighted by Gasteiger charge is -2.27. The van der Waals surface area contributed by atoms with Gasteiger partial charge in [0.2, 0.25) is 23.6 Å². The van der Waals surface area contributed by atoms with E-state index in [4.69, 9.17) is 18.8 Å². The fourth-order valence-electron chi connectivity index (χ4n) is 5.89. The number of rotatable bonds is 20. The third kappa shape index (κ3) is 15.1. The van der Waals surface area contributed by atoms with Gasteiger partial charge < -0.3 is 40.2 Å². The zero-order chi connectivity index (χ0) is 45.0. The van der Waals surface area contributed by atoms with Crippen molar-refractivity contribution in [3.8, 4) is 11.8 Å². The minimum atomic E-state index is -4.35. The molecule has 0 aliphatic carbocycles. The van der Waals surface area contributed by atoms with Gasteiger partial charge in [0.15, 0.2) is 0 Å². The van der Waals surface area contributed by atoms with E-state index < -0.39 is 112 Å². The predicted molar refractivity (Wildman–Crippen MR) is 215 cm³/mol. The van der Waals surface area contributed by atoms with Crippen molar-refractivity contribution in [2.45, 2.75) is 91.6 Å². The smallest absolute Gasteiger partial charge is 0.311 e. The molecule has 2 aliphatic heterocycles. The van der Waals surface area contributed by atoms with Crippen LogP contribution in [-0.2, 0) is 64.5 Å². The highest BCUT2D eigenvalue weighted by molar-refractivity contribution is 7.85. The molecule has 20 heteroatoms. The molecule has 1 fully saturated rings. The first-order valence-corrected chi connectivity index (χ1v) is 20.8. The molecule has 3 unspecified atom stereocenters. The Labute approximate surface area is 349 Å². The Balaban J connectivity index is 1.67. The Morgan fingerprint density at radius 2 is 1.68 bits per heavy atom. The lowest BCUT2D eigenvalue weighted by atomic mass is 9.97. The molecule has 330 valence electrons. The summed E-state index contributed by atoms with van der Waals surface area (Å²) in [7, 11) is -4.35. The van der Waals surface area contributed by atoms with E-state index in [0.29, 0.717) is 23.2 Å². The van der Waals surface area contributed by atoms with Gasteiger partial charge in [-0.2, -0.15) is 8.42 Å². The first kappa shape index (κ1) is 49.2. The molecule has 3 rings (SSSR count). The summed E-state index contributed by atoms with van der Waals surface area (Å²) in [5, 5.41) is 17.0. The van der Waals surface area contributed by atoms with Gasteiger partial charge in [0, 0.05) is 42.0 Å². The van der Waals surface area contributed by atoms with Gasteiger partial charge in [0.05, 0.1) is 49.1 Å². The third-order valence-corrected chi connectivity index (χ3v) is 9.98. The van der Waals surface area contributed by atoms with E-state index in [1.54, 1.807) is 52.8 Å². The highest BCUT2D eigenvalue weighted by Crippen LogP contribution is 2.27. The van der Waals surface area contributed by atoms with Gasteiger partial charge >= 0.3 is 5.97 Å². The Kier molecular flexibility index (Phi) is 17.5. The summed E-state index contributed by atoms with van der Waals surface area (Å²) >= 11 is 0. The van der Waals surface area contributed by atoms with Gasteiger partial charge in [0.25, 0.3) is 21.9 Å². The van der Waals surface area contributed by atoms with Crippen molar-refractivity contribution in [3.63, 3.8) is 0 Å². The van der Waals surface area contributed by atoms with Gasteiger partial charge in [-0.05, 0) is 59.1 Å². The van der Waals surface area contributed by atoms with E-state index in [2.05, 4.69) is 27.8 Å². The van der Waals surface area contributed by atoms with Crippen molar-refractivity contribution in [1.82, 2.24) is 20.4 Å². The Hall–Kier alpha value is -5.20. The summed E-state index contributed by atoms with van der Waals surface area (Å²) in [6, 6.07) is 1.46. The fraction of sp³-hybridized carbons (Fsp3) is 0.575. The van der Waals surface area contributed by atoms with Gasteiger partial charge in [0.1, 0.15) is 25.3 Å². The number of nitrogens with one attached hydrogen (secondary N) is 3. The second-order valence-corrected chi connectivity index (χ2v) is 17.8. The number of hydrogen-bond donors (Lipinski definition) is 5. The maximum Gasteiger partial charge on any atom is 0.311 e. The van der Waals surface area contributed by atoms with Crippen LogP contribution in [-0.4, -0.2) is 138 Å². The first-order chi connectivity index (χ1) is 27.9. The fourth-order valence-corrected chi connectivity index (χ4v) is 6.22. The Morgan fingerprint density at radius 3 is 2.28 bits per heavy atom. The van der Waals surface area contributed by atoms with Crippen molar-refractivity contribution in [1.29, 1.82) is 0 Å². The molecule has 0 bridgehead atoms. The SMILES string of the molecule is CC(C)C(NC(=O)CN1C(=O)C(N2C(=O)C=CC2=O)CC1COCCS(=O)(=O)O)C(=O)NCC(=O)Nc1ccc(COC(=O)C(C)(C)C)c(C#CCOC(C)(C)CCO)c1. The van der Waals surface area contributed by atoms with Crippen LogP contribution in [0.5, 0.6) is 0 Å². The number of amides is 6. The van der Waals surface area contributed by atoms with Crippen LogP contribution in [0.15, 0.2) is 30.4 Å². The average molecular weight is 862 g/mol. The monoisotopic (exact) mass is 861 g/mol. The standard InChI is InChI=1S/C40H55N5O14S/c1-25(2)35(43-32(48)22-44-29(24-57-17-18-60(54,55)56)20-30(37(44)52)45-33(49)12-13-34(45)50)36(51)41-21-31(47)42-28-11-10-27(23-58-38(53)39(3,4)5)26(19-28)9-8-16-59-40(6,7)14-15-46/h10-13,19,25,29-30,35,46H,14-18,20-24H2,1-7H3,(H,41,51)(H,42,47)(H,43,48)(H,54,55,56). The summed E-state index contributed by atoms with van der Waals surface area (Å²) in [5.41, 5.74) is -0.0343. The van der Waals surface area contributed by atoms with E-state index >= 15 is 0 Å². The van der Waals surface area contributed by atoms with Crippen molar-refractivity contribution in [2.75, 3.05) is 50.6 Å². The van der Waals surface area contributed by atoms with E-state index in [1.165, 1.54) is 0 Å². The molecule has 1 aromatic rings. The highest BCUT2D eigenvalue weighted by atomic mass is 32.2. The number of carbonyl (C=O) groups is 7. The summed E-state index contributed by atoms with van der Waals surface area (Å²) in [4.78, 5) is 92.1. The number of esters is 1. The van der Waals surface area contributed by atoms with Gasteiger partial charge in [-0.25, -0.2) is 0 Å². The number of ether oxygens (including phenoxy) is 3. The maximum atomic E-state index is 13.5. The molecule has 6 amide bonds. The van der Waals surface area contributed by atoms with Gasteiger partial charge in [-0.3, -0.25) is 43.0 Å². The predicted octanol–water partition coefficient (Wildman–Crippen LogP) is 0.299. The normalized spacial score (nSPS) is 17.4. The van der Waals surface area contributed by atoms with Crippen molar-refractivity contribution in [2.24, 2.45) is 11.3 Å². The van der Waals surface area contributed by atoms with Crippen molar-refractivity contribution < 1.29 is 65.8 Å². The maximum absolute atomic E-state index is 13.5. The summed E-state index contributed by atoms with van der Waals surface area (Å²) < 4.78 is 47.8. The number of imide groups is 1. The molecule has 1 aromatic carbocycles.